The number of nitrogens with zero attached hydrogens (tertiary/aromatic N) is 3. The number of benzene rings is 1. The van der Waals surface area contributed by atoms with Crippen LogP contribution in [-0.4, -0.2) is 68.4 Å². The third-order valence-electron chi connectivity index (χ3n) is 5.95. The predicted molar refractivity (Wildman–Crippen MR) is 97.7 cm³/mol. The molecule has 8 heteroatoms. The summed E-state index contributed by atoms with van der Waals surface area (Å²) in [7, 11) is 4.02. The highest BCUT2D eigenvalue weighted by Crippen LogP contribution is 2.59. The second-order valence-electron chi connectivity index (χ2n) is 7.97. The van der Waals surface area contributed by atoms with Crippen LogP contribution in [0.1, 0.15) is 18.9 Å². The van der Waals surface area contributed by atoms with E-state index in [9.17, 15) is 14.0 Å². The molecular formula is C19H25FN4O3. The number of amides is 2. The molecule has 0 radical (unpaired) electrons. The molecule has 0 bridgehead atoms. The number of cyclic esters (lactones) is 1. The van der Waals surface area contributed by atoms with Crippen molar-refractivity contribution in [1.29, 1.82) is 0 Å². The zero-order chi connectivity index (χ0) is 19.3. The summed E-state index contributed by atoms with van der Waals surface area (Å²) >= 11 is 0. The highest BCUT2D eigenvalue weighted by molar-refractivity contribution is 5.89. The van der Waals surface area contributed by atoms with Gasteiger partial charge in [0, 0.05) is 39.5 Å². The van der Waals surface area contributed by atoms with Gasteiger partial charge in [0.25, 0.3) is 0 Å². The van der Waals surface area contributed by atoms with Crippen LogP contribution in [0, 0.1) is 11.7 Å². The molecule has 3 fully saturated rings. The summed E-state index contributed by atoms with van der Waals surface area (Å²) in [6.45, 7) is 3.74. The number of hydrazine groups is 1. The summed E-state index contributed by atoms with van der Waals surface area (Å²) < 4.78 is 20.2. The second kappa shape index (κ2) is 6.45. The van der Waals surface area contributed by atoms with Gasteiger partial charge in [-0.15, -0.1) is 0 Å². The molecule has 0 aromatic heterocycles. The van der Waals surface area contributed by atoms with Crippen molar-refractivity contribution in [3.05, 3.63) is 29.6 Å². The van der Waals surface area contributed by atoms with E-state index in [0.29, 0.717) is 18.2 Å². The molecule has 0 spiro atoms. The van der Waals surface area contributed by atoms with E-state index in [1.54, 1.807) is 6.07 Å². The van der Waals surface area contributed by atoms with Gasteiger partial charge in [-0.05, 0) is 30.0 Å². The average molecular weight is 376 g/mol. The molecule has 3 aliphatic rings. The van der Waals surface area contributed by atoms with Crippen molar-refractivity contribution >= 4 is 17.7 Å². The third-order valence-corrected chi connectivity index (χ3v) is 5.95. The summed E-state index contributed by atoms with van der Waals surface area (Å²) in [5.41, 5.74) is 1.12. The number of halogens is 1. The van der Waals surface area contributed by atoms with E-state index >= 15 is 0 Å². The fraction of sp³-hybridized carbons (Fsp3) is 0.579. The molecule has 1 aromatic carbocycles. The van der Waals surface area contributed by atoms with Crippen LogP contribution in [0.3, 0.4) is 0 Å². The van der Waals surface area contributed by atoms with Gasteiger partial charge in [0.05, 0.1) is 18.8 Å². The van der Waals surface area contributed by atoms with Crippen LogP contribution in [0.2, 0.25) is 0 Å². The quantitative estimate of drug-likeness (QED) is 0.840. The molecule has 3 atom stereocenters. The molecule has 146 valence electrons. The van der Waals surface area contributed by atoms with Crippen LogP contribution in [0.5, 0.6) is 0 Å². The van der Waals surface area contributed by atoms with Crippen LogP contribution in [-0.2, 0) is 14.9 Å². The van der Waals surface area contributed by atoms with Crippen molar-refractivity contribution < 1.29 is 18.7 Å². The van der Waals surface area contributed by atoms with Crippen molar-refractivity contribution in [2.45, 2.75) is 24.9 Å². The number of hydrogen-bond acceptors (Lipinski definition) is 5. The van der Waals surface area contributed by atoms with Gasteiger partial charge >= 0.3 is 6.09 Å². The maximum absolute atomic E-state index is 15.0. The molecule has 2 aliphatic heterocycles. The van der Waals surface area contributed by atoms with E-state index in [-0.39, 0.29) is 23.7 Å². The number of carbonyl (C=O) groups excluding carboxylic acids is 2. The van der Waals surface area contributed by atoms with Crippen LogP contribution in [0.25, 0.3) is 0 Å². The van der Waals surface area contributed by atoms with Gasteiger partial charge < -0.3 is 10.1 Å². The van der Waals surface area contributed by atoms with E-state index < -0.39 is 12.2 Å². The van der Waals surface area contributed by atoms with Gasteiger partial charge in [-0.1, -0.05) is 6.07 Å². The standard InChI is InChI=1S/C19H25FN4O3/c1-12(25)21-8-15-10-24(18(26)27-15)14-4-5-16(17(20)6-14)19-7-13(19)9-23(11-19)22(2)3/h4-6,13,15H,7-11H2,1-3H3,(H,21,25)/t13-,15+,19-/m1/s1. The lowest BCUT2D eigenvalue weighted by atomic mass is 9.94. The molecule has 2 saturated heterocycles. The molecule has 4 rings (SSSR count). The molecule has 0 unspecified atom stereocenters. The van der Waals surface area contributed by atoms with Crippen molar-refractivity contribution in [2.75, 3.05) is 45.2 Å². The minimum absolute atomic E-state index is 0.105. The predicted octanol–water partition coefficient (Wildman–Crippen LogP) is 1.34. The van der Waals surface area contributed by atoms with Crippen LogP contribution in [0.15, 0.2) is 18.2 Å². The van der Waals surface area contributed by atoms with Gasteiger partial charge in [-0.3, -0.25) is 9.69 Å². The highest BCUT2D eigenvalue weighted by atomic mass is 19.1. The monoisotopic (exact) mass is 376 g/mol. The Bertz CT molecular complexity index is 786. The lowest BCUT2D eigenvalue weighted by molar-refractivity contribution is -0.119. The minimum atomic E-state index is -0.514. The zero-order valence-electron chi connectivity index (χ0n) is 15.9. The topological polar surface area (TPSA) is 65.1 Å². The van der Waals surface area contributed by atoms with Crippen molar-refractivity contribution in [3.63, 3.8) is 0 Å². The molecule has 1 N–H and O–H groups in total. The van der Waals surface area contributed by atoms with E-state index in [1.807, 2.05) is 20.2 Å². The summed E-state index contributed by atoms with van der Waals surface area (Å²) in [5.74, 6) is 0.0363. The van der Waals surface area contributed by atoms with E-state index in [2.05, 4.69) is 15.3 Å². The van der Waals surface area contributed by atoms with E-state index in [0.717, 1.165) is 25.1 Å². The summed E-state index contributed by atoms with van der Waals surface area (Å²) in [6.07, 6.45) is 0.0664. The number of piperidine rings is 1. The number of carbonyl (C=O) groups is 2. The van der Waals surface area contributed by atoms with E-state index in [4.69, 9.17) is 4.74 Å². The Balaban J connectivity index is 1.48. The molecule has 7 nitrogen and oxygen atoms in total. The minimum Gasteiger partial charge on any atom is -0.442 e. The first-order valence-corrected chi connectivity index (χ1v) is 9.25. The van der Waals surface area contributed by atoms with E-state index in [1.165, 1.54) is 17.9 Å². The first-order chi connectivity index (χ1) is 12.8. The summed E-state index contributed by atoms with van der Waals surface area (Å²) in [6, 6.07) is 5.04. The van der Waals surface area contributed by atoms with Gasteiger partial charge in [-0.25, -0.2) is 19.2 Å². The lowest BCUT2D eigenvalue weighted by Gasteiger charge is -2.27. The van der Waals surface area contributed by atoms with Gasteiger partial charge in [0.2, 0.25) is 5.91 Å². The Labute approximate surface area is 158 Å². The van der Waals surface area contributed by atoms with Crippen molar-refractivity contribution in [1.82, 2.24) is 15.3 Å². The first kappa shape index (κ1) is 18.2. The largest absolute Gasteiger partial charge is 0.442 e. The molecule has 1 aliphatic carbocycles. The molecule has 2 amide bonds. The normalized spacial score (nSPS) is 29.8. The third kappa shape index (κ3) is 3.17. The Morgan fingerprint density at radius 2 is 2.19 bits per heavy atom. The Hall–Kier alpha value is -2.19. The SMILES string of the molecule is CC(=O)NC[C@H]1CN(c2ccc([C@@]34C[C@@H]3CN(N(C)C)C4)c(F)c2)C(=O)O1. The zero-order valence-corrected chi connectivity index (χ0v) is 15.9. The van der Waals surface area contributed by atoms with Crippen molar-refractivity contribution in [2.24, 2.45) is 5.92 Å². The molecular weight excluding hydrogens is 351 g/mol. The lowest BCUT2D eigenvalue weighted by Crippen LogP contribution is -2.38. The molecule has 1 aromatic rings. The first-order valence-electron chi connectivity index (χ1n) is 9.25. The number of anilines is 1. The van der Waals surface area contributed by atoms with Crippen LogP contribution >= 0.6 is 0 Å². The number of ether oxygens (including phenoxy) is 1. The summed E-state index contributed by atoms with van der Waals surface area (Å²) in [4.78, 5) is 24.6. The van der Waals surface area contributed by atoms with Crippen LogP contribution in [0.4, 0.5) is 14.9 Å². The highest BCUT2D eigenvalue weighted by Gasteiger charge is 2.62. The second-order valence-corrected chi connectivity index (χ2v) is 7.97. The van der Waals surface area contributed by atoms with Crippen molar-refractivity contribution in [3.8, 4) is 0 Å². The number of rotatable bonds is 5. The Morgan fingerprint density at radius 3 is 2.81 bits per heavy atom. The molecule has 2 heterocycles. The smallest absolute Gasteiger partial charge is 0.414 e. The molecule has 1 saturated carbocycles. The number of nitrogens with one attached hydrogen (secondary N) is 1. The number of fused-ring (bicyclic) bond motifs is 1. The van der Waals surface area contributed by atoms with Gasteiger partial charge in [0.15, 0.2) is 0 Å². The molecule has 27 heavy (non-hydrogen) atoms. The van der Waals surface area contributed by atoms with Gasteiger partial charge in [0.1, 0.15) is 11.9 Å². The Morgan fingerprint density at radius 1 is 1.41 bits per heavy atom. The van der Waals surface area contributed by atoms with Gasteiger partial charge in [-0.2, -0.15) is 0 Å². The summed E-state index contributed by atoms with van der Waals surface area (Å²) in [5, 5.41) is 6.94. The fourth-order valence-corrected chi connectivity index (χ4v) is 4.35. The number of hydrogen-bond donors (Lipinski definition) is 1. The Kier molecular flexibility index (Phi) is 4.35. The maximum atomic E-state index is 15.0. The fourth-order valence-electron chi connectivity index (χ4n) is 4.35. The maximum Gasteiger partial charge on any atom is 0.414 e. The average Bonchev–Trinajstić information content (AvgIpc) is 2.97. The van der Waals surface area contributed by atoms with Crippen LogP contribution < -0.4 is 10.2 Å².